The average molecular weight is 717 g/mol. The maximum absolute atomic E-state index is 2.58. The summed E-state index contributed by atoms with van der Waals surface area (Å²) in [5, 5.41) is 2.95. The van der Waals surface area contributed by atoms with E-state index in [1.807, 2.05) is 0 Å². The number of nitrogens with zero attached hydrogens (tertiary/aromatic N) is 2. The van der Waals surface area contributed by atoms with Crippen molar-refractivity contribution in [3.05, 3.63) is 164 Å². The molecule has 0 aromatic heterocycles. The van der Waals surface area contributed by atoms with Gasteiger partial charge in [0, 0.05) is 33.9 Å². The van der Waals surface area contributed by atoms with Crippen LogP contribution in [-0.4, -0.2) is 22.9 Å². The smallest absolute Gasteiger partial charge is 0.252 e. The van der Waals surface area contributed by atoms with Gasteiger partial charge in [0.15, 0.2) is 0 Å². The minimum atomic E-state index is -1.65. The molecule has 0 bridgehead atoms. The Bertz CT molecular complexity index is 2330. The van der Waals surface area contributed by atoms with E-state index in [-0.39, 0.29) is 6.71 Å². The van der Waals surface area contributed by atoms with Crippen molar-refractivity contribution < 1.29 is 0 Å². The first-order valence-electron chi connectivity index (χ1n) is 18.9. The molecule has 0 N–H and O–H groups in total. The van der Waals surface area contributed by atoms with E-state index in [4.69, 9.17) is 0 Å². The monoisotopic (exact) mass is 716 g/mol. The number of anilines is 6. The number of fused-ring (bicyclic) bond motifs is 4. The van der Waals surface area contributed by atoms with Crippen molar-refractivity contribution in [3.8, 4) is 22.3 Å². The zero-order chi connectivity index (χ0) is 36.5. The second-order valence-electron chi connectivity index (χ2n) is 16.6. The van der Waals surface area contributed by atoms with E-state index in [1.165, 1.54) is 83.1 Å². The van der Waals surface area contributed by atoms with Gasteiger partial charge in [-0.3, -0.25) is 0 Å². The molecule has 2 aliphatic rings. The summed E-state index contributed by atoms with van der Waals surface area (Å²) in [7, 11) is -3.29. The SMILES string of the molecule is C[Si](C)(C)c1ccc2c(c1)N(c1ccccc1-c1ccccc1)c1cccc3c1B2c1ccc([Si](C)(C)C)cc1N3c1ccccc1-c1ccccc1. The lowest BCUT2D eigenvalue weighted by Crippen LogP contribution is -2.62. The molecule has 2 heterocycles. The third-order valence-corrected chi connectivity index (χ3v) is 15.3. The summed E-state index contributed by atoms with van der Waals surface area (Å²) in [4.78, 5) is 5.17. The lowest BCUT2D eigenvalue weighted by molar-refractivity contribution is 1.26. The Morgan fingerprint density at radius 2 is 0.736 bits per heavy atom. The molecule has 7 aromatic carbocycles. The van der Waals surface area contributed by atoms with Crippen molar-refractivity contribution in [2.75, 3.05) is 9.80 Å². The van der Waals surface area contributed by atoms with Gasteiger partial charge in [0.25, 0.3) is 6.71 Å². The highest BCUT2D eigenvalue weighted by Gasteiger charge is 2.44. The first kappa shape index (κ1) is 33.5. The molecule has 258 valence electrons. The molecular weight excluding hydrogens is 672 g/mol. The van der Waals surface area contributed by atoms with Crippen LogP contribution in [0, 0.1) is 0 Å². The third kappa shape index (κ3) is 5.62. The molecule has 0 unspecified atom stereocenters. The third-order valence-electron chi connectivity index (χ3n) is 11.2. The van der Waals surface area contributed by atoms with Gasteiger partial charge in [-0.1, -0.05) is 177 Å². The van der Waals surface area contributed by atoms with E-state index in [0.29, 0.717) is 0 Å². The van der Waals surface area contributed by atoms with E-state index in [9.17, 15) is 0 Å². The number of hydrogen-bond acceptors (Lipinski definition) is 2. The fraction of sp³-hybridized carbons (Fsp3) is 0.125. The van der Waals surface area contributed by atoms with E-state index in [1.54, 1.807) is 0 Å². The van der Waals surface area contributed by atoms with E-state index >= 15 is 0 Å². The largest absolute Gasteiger partial charge is 0.311 e. The molecule has 2 nitrogen and oxygen atoms in total. The van der Waals surface area contributed by atoms with Crippen molar-refractivity contribution >= 4 is 83.7 Å². The van der Waals surface area contributed by atoms with Crippen molar-refractivity contribution in [1.29, 1.82) is 0 Å². The predicted molar refractivity (Wildman–Crippen MR) is 237 cm³/mol. The molecule has 0 saturated carbocycles. The second-order valence-corrected chi connectivity index (χ2v) is 26.8. The molecule has 0 saturated heterocycles. The Balaban J connectivity index is 1.38. The first-order valence-corrected chi connectivity index (χ1v) is 25.9. The average Bonchev–Trinajstić information content (AvgIpc) is 3.17. The molecule has 0 spiro atoms. The van der Waals surface area contributed by atoms with Crippen LogP contribution >= 0.6 is 0 Å². The Hall–Kier alpha value is -5.36. The summed E-state index contributed by atoms with van der Waals surface area (Å²) in [6.45, 7) is 14.9. The van der Waals surface area contributed by atoms with Crippen molar-refractivity contribution in [2.24, 2.45) is 0 Å². The summed E-state index contributed by atoms with van der Waals surface area (Å²) in [6.07, 6.45) is 0. The fourth-order valence-electron chi connectivity index (χ4n) is 8.44. The quantitative estimate of drug-likeness (QED) is 0.158. The summed E-state index contributed by atoms with van der Waals surface area (Å²) in [5.74, 6) is 0. The molecule has 0 radical (unpaired) electrons. The molecule has 53 heavy (non-hydrogen) atoms. The molecule has 0 fully saturated rings. The number of rotatable bonds is 6. The van der Waals surface area contributed by atoms with Crippen molar-refractivity contribution in [2.45, 2.75) is 39.3 Å². The zero-order valence-corrected chi connectivity index (χ0v) is 33.6. The van der Waals surface area contributed by atoms with Gasteiger partial charge in [-0.25, -0.2) is 0 Å². The second kappa shape index (κ2) is 12.6. The van der Waals surface area contributed by atoms with Crippen LogP contribution in [0.2, 0.25) is 39.3 Å². The van der Waals surface area contributed by atoms with Gasteiger partial charge in [0.2, 0.25) is 0 Å². The predicted octanol–water partition coefficient (Wildman–Crippen LogP) is 10.2. The topological polar surface area (TPSA) is 6.48 Å². The molecule has 0 atom stereocenters. The molecule has 0 aliphatic carbocycles. The van der Waals surface area contributed by atoms with Crippen molar-refractivity contribution in [1.82, 2.24) is 0 Å². The Morgan fingerprint density at radius 1 is 0.358 bits per heavy atom. The standard InChI is InChI=1S/C48H45BN2Si2/c1-52(2,3)36-28-30-40-46(32-36)50(42-24-15-13-22-38(42)34-18-9-7-10-19-34)44-26-17-27-45-48(44)49(40)41-31-29-37(53(4,5)6)33-47(41)51(45)43-25-16-14-23-39(43)35-20-11-8-12-21-35/h7-33H,1-6H3. The van der Waals surface area contributed by atoms with Crippen LogP contribution in [-0.2, 0) is 0 Å². The number of benzene rings is 7. The summed E-state index contributed by atoms with van der Waals surface area (Å²) in [5.41, 5.74) is 16.5. The first-order chi connectivity index (χ1) is 25.6. The molecule has 7 aromatic rings. The van der Waals surface area contributed by atoms with Gasteiger partial charge in [-0.15, -0.1) is 0 Å². The Kier molecular flexibility index (Phi) is 7.99. The van der Waals surface area contributed by atoms with Crippen LogP contribution in [0.25, 0.3) is 22.3 Å². The maximum atomic E-state index is 2.58. The minimum absolute atomic E-state index is 0.0952. The van der Waals surface area contributed by atoms with Gasteiger partial charge in [0.1, 0.15) is 0 Å². The molecule has 9 rings (SSSR count). The van der Waals surface area contributed by atoms with Crippen LogP contribution < -0.4 is 36.6 Å². The van der Waals surface area contributed by atoms with E-state index in [0.717, 1.165) is 0 Å². The summed E-state index contributed by atoms with van der Waals surface area (Å²) >= 11 is 0. The van der Waals surface area contributed by atoms with Crippen LogP contribution in [0.15, 0.2) is 164 Å². The van der Waals surface area contributed by atoms with Gasteiger partial charge in [-0.05, 0) is 63.9 Å². The lowest BCUT2D eigenvalue weighted by atomic mass is 9.33. The molecular formula is C48H45BN2Si2. The zero-order valence-electron chi connectivity index (χ0n) is 31.6. The normalized spacial score (nSPS) is 13.4. The summed E-state index contributed by atoms with van der Waals surface area (Å²) in [6, 6.07) is 61.5. The van der Waals surface area contributed by atoms with Crippen LogP contribution in [0.3, 0.4) is 0 Å². The van der Waals surface area contributed by atoms with Gasteiger partial charge in [0.05, 0.1) is 27.5 Å². The van der Waals surface area contributed by atoms with Crippen LogP contribution in [0.4, 0.5) is 34.1 Å². The van der Waals surface area contributed by atoms with Crippen LogP contribution in [0.5, 0.6) is 0 Å². The highest BCUT2D eigenvalue weighted by atomic mass is 28.3. The van der Waals surface area contributed by atoms with Crippen molar-refractivity contribution in [3.63, 3.8) is 0 Å². The minimum Gasteiger partial charge on any atom is -0.311 e. The van der Waals surface area contributed by atoms with Gasteiger partial charge in [-0.2, -0.15) is 0 Å². The highest BCUT2D eigenvalue weighted by molar-refractivity contribution is 7.00. The summed E-state index contributed by atoms with van der Waals surface area (Å²) < 4.78 is 0. The van der Waals surface area contributed by atoms with E-state index < -0.39 is 16.1 Å². The van der Waals surface area contributed by atoms with Crippen LogP contribution in [0.1, 0.15) is 0 Å². The Morgan fingerprint density at radius 3 is 1.15 bits per heavy atom. The fourth-order valence-corrected chi connectivity index (χ4v) is 10.7. The van der Waals surface area contributed by atoms with Gasteiger partial charge >= 0.3 is 0 Å². The lowest BCUT2D eigenvalue weighted by Gasteiger charge is -2.45. The number of hydrogen-bond donors (Lipinski definition) is 0. The Labute approximate surface area is 317 Å². The van der Waals surface area contributed by atoms with E-state index in [2.05, 4.69) is 213 Å². The highest BCUT2D eigenvalue weighted by Crippen LogP contribution is 2.47. The molecule has 0 amide bonds. The molecule has 2 aliphatic heterocycles. The maximum Gasteiger partial charge on any atom is 0.252 e. The number of para-hydroxylation sites is 2. The molecule has 5 heteroatoms. The van der Waals surface area contributed by atoms with Gasteiger partial charge < -0.3 is 9.80 Å².